The topological polar surface area (TPSA) is 75.1 Å². The molecule has 0 saturated heterocycles. The Morgan fingerprint density at radius 1 is 1.03 bits per heavy atom. The summed E-state index contributed by atoms with van der Waals surface area (Å²) in [5.74, 6) is 2.33. The van der Waals surface area contributed by atoms with Crippen LogP contribution in [-0.4, -0.2) is 37.9 Å². The molecule has 3 N–H and O–H groups in total. The minimum absolute atomic E-state index is 0. The van der Waals surface area contributed by atoms with Gasteiger partial charge < -0.3 is 25.2 Å². The molecule has 30 heavy (non-hydrogen) atoms. The zero-order valence-corrected chi connectivity index (χ0v) is 20.4. The predicted molar refractivity (Wildman–Crippen MR) is 133 cm³/mol. The van der Waals surface area contributed by atoms with Crippen molar-refractivity contribution in [3.8, 4) is 11.5 Å². The van der Waals surface area contributed by atoms with E-state index < -0.39 is 0 Å². The quantitative estimate of drug-likeness (QED) is 0.179. The monoisotopic (exact) mass is 527 g/mol. The van der Waals surface area contributed by atoms with Gasteiger partial charge in [0.25, 0.3) is 0 Å². The van der Waals surface area contributed by atoms with Gasteiger partial charge in [-0.25, -0.2) is 4.99 Å². The van der Waals surface area contributed by atoms with E-state index in [1.807, 2.05) is 50.2 Å². The number of aliphatic hydroxyl groups excluding tert-OH is 1. The summed E-state index contributed by atoms with van der Waals surface area (Å²) in [6.45, 7) is 6.79. The van der Waals surface area contributed by atoms with E-state index >= 15 is 0 Å². The lowest BCUT2D eigenvalue weighted by Crippen LogP contribution is -2.37. The molecule has 2 rings (SSSR count). The number of hydrogen-bond acceptors (Lipinski definition) is 4. The third kappa shape index (κ3) is 8.39. The molecule has 0 bridgehead atoms. The van der Waals surface area contributed by atoms with Crippen LogP contribution < -0.4 is 20.1 Å². The molecule has 0 atom stereocenters. The first kappa shape index (κ1) is 26.0. The fraction of sp³-hybridized carbons (Fsp3) is 0.435. The van der Waals surface area contributed by atoms with Crippen molar-refractivity contribution in [2.45, 2.75) is 39.8 Å². The summed E-state index contributed by atoms with van der Waals surface area (Å²) in [6, 6.07) is 13.9. The molecule has 0 aliphatic heterocycles. The Balaban J connectivity index is 0.00000450. The fourth-order valence-electron chi connectivity index (χ4n) is 3.02. The van der Waals surface area contributed by atoms with Gasteiger partial charge in [-0.05, 0) is 55.5 Å². The van der Waals surface area contributed by atoms with Crippen LogP contribution in [0.25, 0.3) is 0 Å². The van der Waals surface area contributed by atoms with Crippen LogP contribution in [0.5, 0.6) is 11.5 Å². The number of nitrogens with zero attached hydrogens (tertiary/aromatic N) is 1. The zero-order valence-electron chi connectivity index (χ0n) is 18.1. The van der Waals surface area contributed by atoms with Crippen molar-refractivity contribution in [2.24, 2.45) is 4.99 Å². The molecular weight excluding hydrogens is 493 g/mol. The highest BCUT2D eigenvalue weighted by atomic mass is 127. The molecule has 0 amide bonds. The third-order valence-electron chi connectivity index (χ3n) is 4.50. The van der Waals surface area contributed by atoms with E-state index in [0.717, 1.165) is 54.5 Å². The number of aliphatic hydroxyl groups is 1. The summed E-state index contributed by atoms with van der Waals surface area (Å²) in [7, 11) is 1.65. The van der Waals surface area contributed by atoms with Gasteiger partial charge in [0.15, 0.2) is 17.5 Å². The van der Waals surface area contributed by atoms with Crippen molar-refractivity contribution in [1.82, 2.24) is 10.6 Å². The van der Waals surface area contributed by atoms with E-state index in [1.165, 1.54) is 5.56 Å². The number of methoxy groups -OCH3 is 1. The first-order chi connectivity index (χ1) is 14.2. The van der Waals surface area contributed by atoms with Crippen LogP contribution in [-0.2, 0) is 19.6 Å². The molecule has 2 aromatic rings. The van der Waals surface area contributed by atoms with E-state index in [-0.39, 0.29) is 30.6 Å². The molecule has 0 aliphatic rings. The number of aryl methyl sites for hydroxylation is 1. The predicted octanol–water partition coefficient (Wildman–Crippen LogP) is 3.89. The van der Waals surface area contributed by atoms with Crippen molar-refractivity contribution >= 4 is 29.9 Å². The summed E-state index contributed by atoms with van der Waals surface area (Å²) in [4.78, 5) is 4.64. The van der Waals surface area contributed by atoms with Crippen LogP contribution >= 0.6 is 24.0 Å². The van der Waals surface area contributed by atoms with Crippen molar-refractivity contribution in [1.29, 1.82) is 0 Å². The maximum Gasteiger partial charge on any atom is 0.191 e. The number of hydrogen-bond donors (Lipinski definition) is 3. The van der Waals surface area contributed by atoms with E-state index in [4.69, 9.17) is 9.47 Å². The Labute approximate surface area is 197 Å². The molecule has 0 aliphatic carbocycles. The maximum atomic E-state index is 9.46. The average molecular weight is 527 g/mol. The summed E-state index contributed by atoms with van der Waals surface area (Å²) >= 11 is 0. The number of benzene rings is 2. The molecule has 0 heterocycles. The second-order valence-corrected chi connectivity index (χ2v) is 6.57. The standard InChI is InChI=1S/C23H33N3O3.HI/c1-4-24-23(26-16-19-10-6-7-11-20(19)17-27)25-14-8-9-18-12-13-21(28-3)22(15-18)29-5-2;/h6-7,10-13,15,27H,4-5,8-9,14,16-17H2,1-3H3,(H2,24,25,26);1H. The number of guanidine groups is 1. The minimum Gasteiger partial charge on any atom is -0.493 e. The van der Waals surface area contributed by atoms with Gasteiger partial charge in [0.1, 0.15) is 0 Å². The van der Waals surface area contributed by atoms with Crippen LogP contribution in [0.1, 0.15) is 37.0 Å². The number of halogens is 1. The van der Waals surface area contributed by atoms with Crippen LogP contribution in [0.15, 0.2) is 47.5 Å². The van der Waals surface area contributed by atoms with Crippen molar-refractivity contribution in [2.75, 3.05) is 26.8 Å². The largest absolute Gasteiger partial charge is 0.493 e. The fourth-order valence-corrected chi connectivity index (χ4v) is 3.02. The molecule has 166 valence electrons. The van der Waals surface area contributed by atoms with Gasteiger partial charge in [0.2, 0.25) is 0 Å². The number of rotatable bonds is 11. The van der Waals surface area contributed by atoms with Gasteiger partial charge in [-0.1, -0.05) is 30.3 Å². The summed E-state index contributed by atoms with van der Waals surface area (Å²) < 4.78 is 11.0. The average Bonchev–Trinajstić information content (AvgIpc) is 2.75. The van der Waals surface area contributed by atoms with Gasteiger partial charge in [-0.3, -0.25) is 0 Å². The summed E-state index contributed by atoms with van der Waals surface area (Å²) in [5, 5.41) is 16.1. The Morgan fingerprint density at radius 3 is 2.47 bits per heavy atom. The van der Waals surface area contributed by atoms with Gasteiger partial charge >= 0.3 is 0 Å². The summed E-state index contributed by atoms with van der Waals surface area (Å²) in [5.41, 5.74) is 3.17. The Kier molecular flexibility index (Phi) is 12.9. The van der Waals surface area contributed by atoms with Crippen molar-refractivity contribution in [3.05, 3.63) is 59.2 Å². The zero-order chi connectivity index (χ0) is 20.9. The molecule has 0 radical (unpaired) electrons. The third-order valence-corrected chi connectivity index (χ3v) is 4.50. The Morgan fingerprint density at radius 2 is 1.80 bits per heavy atom. The normalized spacial score (nSPS) is 10.9. The highest BCUT2D eigenvalue weighted by molar-refractivity contribution is 14.0. The van der Waals surface area contributed by atoms with Gasteiger partial charge in [-0.15, -0.1) is 24.0 Å². The van der Waals surface area contributed by atoms with Crippen LogP contribution in [0, 0.1) is 0 Å². The minimum atomic E-state index is 0. The van der Waals surface area contributed by atoms with E-state index in [9.17, 15) is 5.11 Å². The Bertz CT molecular complexity index is 784. The summed E-state index contributed by atoms with van der Waals surface area (Å²) in [6.07, 6.45) is 1.90. The van der Waals surface area contributed by atoms with E-state index in [1.54, 1.807) is 7.11 Å². The lowest BCUT2D eigenvalue weighted by atomic mass is 10.1. The first-order valence-corrected chi connectivity index (χ1v) is 10.2. The molecule has 2 aromatic carbocycles. The SMILES string of the molecule is CCNC(=NCc1ccccc1CO)NCCCc1ccc(OC)c(OCC)c1.I. The smallest absolute Gasteiger partial charge is 0.191 e. The van der Waals surface area contributed by atoms with Gasteiger partial charge in [0.05, 0.1) is 26.9 Å². The highest BCUT2D eigenvalue weighted by Gasteiger charge is 2.06. The molecular formula is C23H34IN3O3. The van der Waals surface area contributed by atoms with Crippen molar-refractivity contribution < 1.29 is 14.6 Å². The second kappa shape index (κ2) is 14.9. The van der Waals surface area contributed by atoms with Crippen LogP contribution in [0.2, 0.25) is 0 Å². The van der Waals surface area contributed by atoms with E-state index in [0.29, 0.717) is 13.2 Å². The number of aliphatic imine (C=N–C) groups is 1. The molecule has 0 spiro atoms. The molecule has 0 aromatic heterocycles. The van der Waals surface area contributed by atoms with Crippen LogP contribution in [0.3, 0.4) is 0 Å². The molecule has 6 nitrogen and oxygen atoms in total. The van der Waals surface area contributed by atoms with Crippen molar-refractivity contribution in [3.63, 3.8) is 0 Å². The molecule has 7 heteroatoms. The number of nitrogens with one attached hydrogen (secondary N) is 2. The van der Waals surface area contributed by atoms with Gasteiger partial charge in [0, 0.05) is 13.1 Å². The number of ether oxygens (including phenoxy) is 2. The highest BCUT2D eigenvalue weighted by Crippen LogP contribution is 2.28. The molecule has 0 fully saturated rings. The van der Waals surface area contributed by atoms with Gasteiger partial charge in [-0.2, -0.15) is 0 Å². The Hall–Kier alpha value is -2.00. The second-order valence-electron chi connectivity index (χ2n) is 6.57. The lowest BCUT2D eigenvalue weighted by Gasteiger charge is -2.13. The van der Waals surface area contributed by atoms with Crippen LogP contribution in [0.4, 0.5) is 0 Å². The molecule has 0 unspecified atom stereocenters. The van der Waals surface area contributed by atoms with E-state index in [2.05, 4.69) is 21.7 Å². The first-order valence-electron chi connectivity index (χ1n) is 10.2. The lowest BCUT2D eigenvalue weighted by molar-refractivity contribution is 0.280. The molecule has 0 saturated carbocycles. The maximum absolute atomic E-state index is 9.46.